The molecule has 2 aromatic heterocycles. The third kappa shape index (κ3) is 2.27. The van der Waals surface area contributed by atoms with Gasteiger partial charge in [0.15, 0.2) is 5.82 Å². The molecule has 0 saturated heterocycles. The molecule has 0 atom stereocenters. The molecule has 90 valence electrons. The van der Waals surface area contributed by atoms with Crippen LogP contribution in [0.2, 0.25) is 0 Å². The molecule has 0 amide bonds. The molecule has 2 heterocycles. The quantitative estimate of drug-likeness (QED) is 0.720. The molecule has 7 nitrogen and oxygen atoms in total. The van der Waals surface area contributed by atoms with Gasteiger partial charge in [0.2, 0.25) is 5.88 Å². The summed E-state index contributed by atoms with van der Waals surface area (Å²) in [6, 6.07) is 0. The van der Waals surface area contributed by atoms with E-state index in [9.17, 15) is 0 Å². The lowest BCUT2D eigenvalue weighted by Gasteiger charge is -2.09. The van der Waals surface area contributed by atoms with Gasteiger partial charge in [-0.2, -0.15) is 10.1 Å². The van der Waals surface area contributed by atoms with Gasteiger partial charge in [-0.25, -0.2) is 4.98 Å². The number of hydrogen-bond donors (Lipinski definition) is 3. The van der Waals surface area contributed by atoms with E-state index in [0.717, 1.165) is 11.3 Å². The van der Waals surface area contributed by atoms with Gasteiger partial charge in [-0.3, -0.25) is 5.10 Å². The molecule has 0 aromatic carbocycles. The third-order valence-corrected chi connectivity index (χ3v) is 2.42. The molecule has 7 heteroatoms. The highest BCUT2D eigenvalue weighted by atomic mass is 16.5. The lowest BCUT2D eigenvalue weighted by Crippen LogP contribution is -2.07. The topological polar surface area (TPSA) is 102 Å². The van der Waals surface area contributed by atoms with E-state index in [4.69, 9.17) is 10.5 Å². The number of hydrogen-bond acceptors (Lipinski definition) is 6. The molecule has 0 fully saturated rings. The number of nitrogens with two attached hydrogens (primary N) is 1. The molecule has 0 bridgehead atoms. The fraction of sp³-hybridized carbons (Fsp3) is 0.300. The summed E-state index contributed by atoms with van der Waals surface area (Å²) in [5, 5.41) is 9.91. The predicted molar refractivity (Wildman–Crippen MR) is 63.6 cm³/mol. The number of rotatable bonds is 4. The van der Waals surface area contributed by atoms with Crippen molar-refractivity contribution in [3.63, 3.8) is 0 Å². The zero-order chi connectivity index (χ0) is 12.3. The number of aryl methyl sites for hydroxylation is 1. The van der Waals surface area contributed by atoms with Crippen molar-refractivity contribution in [3.05, 3.63) is 23.8 Å². The number of methoxy groups -OCH3 is 1. The number of nitrogens with one attached hydrogen (secondary N) is 2. The van der Waals surface area contributed by atoms with Crippen LogP contribution >= 0.6 is 0 Å². The van der Waals surface area contributed by atoms with E-state index in [0.29, 0.717) is 23.9 Å². The highest BCUT2D eigenvalue weighted by Gasteiger charge is 2.08. The van der Waals surface area contributed by atoms with Crippen molar-refractivity contribution in [1.29, 1.82) is 0 Å². The first-order chi connectivity index (χ1) is 8.22. The molecule has 0 unspecified atom stereocenters. The molecule has 0 aliphatic rings. The van der Waals surface area contributed by atoms with Crippen LogP contribution < -0.4 is 15.8 Å². The summed E-state index contributed by atoms with van der Waals surface area (Å²) in [7, 11) is 1.52. The maximum atomic E-state index is 5.84. The van der Waals surface area contributed by atoms with Crippen LogP contribution in [0, 0.1) is 6.92 Å². The van der Waals surface area contributed by atoms with Crippen LogP contribution in [0.1, 0.15) is 11.3 Å². The monoisotopic (exact) mass is 234 g/mol. The summed E-state index contributed by atoms with van der Waals surface area (Å²) >= 11 is 0. The van der Waals surface area contributed by atoms with Crippen molar-refractivity contribution < 1.29 is 4.74 Å². The van der Waals surface area contributed by atoms with E-state index in [1.165, 1.54) is 13.4 Å². The number of anilines is 2. The van der Waals surface area contributed by atoms with E-state index >= 15 is 0 Å². The Morgan fingerprint density at radius 3 is 2.94 bits per heavy atom. The minimum atomic E-state index is 0.367. The van der Waals surface area contributed by atoms with Crippen LogP contribution in [-0.2, 0) is 6.54 Å². The zero-order valence-corrected chi connectivity index (χ0v) is 9.69. The lowest BCUT2D eigenvalue weighted by molar-refractivity contribution is 0.399. The highest BCUT2D eigenvalue weighted by molar-refractivity contribution is 5.66. The average molecular weight is 234 g/mol. The first kappa shape index (κ1) is 11.2. The van der Waals surface area contributed by atoms with E-state index in [1.807, 2.05) is 6.92 Å². The Morgan fingerprint density at radius 2 is 2.29 bits per heavy atom. The van der Waals surface area contributed by atoms with Crippen LogP contribution in [0.3, 0.4) is 0 Å². The largest absolute Gasteiger partial charge is 0.479 e. The zero-order valence-electron chi connectivity index (χ0n) is 9.69. The first-order valence-electron chi connectivity index (χ1n) is 5.09. The molecule has 0 saturated carbocycles. The van der Waals surface area contributed by atoms with Crippen LogP contribution in [0.4, 0.5) is 11.5 Å². The smallest absolute Gasteiger partial charge is 0.242 e. The average Bonchev–Trinajstić information content (AvgIpc) is 2.74. The number of ether oxygens (including phenoxy) is 1. The molecule has 2 aromatic rings. The van der Waals surface area contributed by atoms with Crippen molar-refractivity contribution in [2.24, 2.45) is 0 Å². The minimum Gasteiger partial charge on any atom is -0.479 e. The highest BCUT2D eigenvalue weighted by Crippen LogP contribution is 2.24. The Bertz CT molecular complexity index is 509. The molecule has 0 aliphatic heterocycles. The normalized spacial score (nSPS) is 10.2. The van der Waals surface area contributed by atoms with Crippen LogP contribution in [0.15, 0.2) is 12.5 Å². The molecule has 2 rings (SSSR count). The fourth-order valence-electron chi connectivity index (χ4n) is 1.42. The maximum Gasteiger partial charge on any atom is 0.242 e. The first-order valence-corrected chi connectivity index (χ1v) is 5.09. The van der Waals surface area contributed by atoms with Gasteiger partial charge in [0, 0.05) is 17.8 Å². The van der Waals surface area contributed by atoms with Crippen molar-refractivity contribution >= 4 is 11.5 Å². The SMILES string of the molecule is COc1ncnc(NCc2cn[nH]c2C)c1N. The molecule has 0 spiro atoms. The standard InChI is InChI=1S/C10H14N6O/c1-6-7(4-15-16-6)3-12-9-8(11)10(17-2)14-5-13-9/h4-5H,3,11H2,1-2H3,(H,15,16)(H,12,13,14). The van der Waals surface area contributed by atoms with Gasteiger partial charge in [0.1, 0.15) is 12.0 Å². The van der Waals surface area contributed by atoms with Crippen molar-refractivity contribution in [3.8, 4) is 5.88 Å². The lowest BCUT2D eigenvalue weighted by atomic mass is 10.2. The van der Waals surface area contributed by atoms with Gasteiger partial charge in [-0.15, -0.1) is 0 Å². The van der Waals surface area contributed by atoms with Crippen molar-refractivity contribution in [2.45, 2.75) is 13.5 Å². The van der Waals surface area contributed by atoms with Gasteiger partial charge in [0.05, 0.1) is 13.3 Å². The minimum absolute atomic E-state index is 0.367. The van der Waals surface area contributed by atoms with E-state index in [1.54, 1.807) is 6.20 Å². The van der Waals surface area contributed by atoms with E-state index < -0.39 is 0 Å². The maximum absolute atomic E-state index is 5.84. The third-order valence-electron chi connectivity index (χ3n) is 2.42. The second-order valence-electron chi connectivity index (χ2n) is 3.52. The van der Waals surface area contributed by atoms with E-state index in [2.05, 4.69) is 25.5 Å². The molecule has 0 aliphatic carbocycles. The van der Waals surface area contributed by atoms with Gasteiger partial charge >= 0.3 is 0 Å². The van der Waals surface area contributed by atoms with Crippen molar-refractivity contribution in [1.82, 2.24) is 20.2 Å². The molecule has 4 N–H and O–H groups in total. The Balaban J connectivity index is 2.12. The molecule has 0 radical (unpaired) electrons. The Morgan fingerprint density at radius 1 is 1.47 bits per heavy atom. The predicted octanol–water partition coefficient (Wildman–Crippen LogP) is 0.711. The number of H-pyrrole nitrogens is 1. The fourth-order valence-corrected chi connectivity index (χ4v) is 1.42. The van der Waals surface area contributed by atoms with E-state index in [-0.39, 0.29) is 0 Å². The summed E-state index contributed by atoms with van der Waals surface area (Å²) in [4.78, 5) is 7.96. The molecular weight excluding hydrogens is 220 g/mol. The van der Waals surface area contributed by atoms with Gasteiger partial charge < -0.3 is 15.8 Å². The number of nitrogens with zero attached hydrogens (tertiary/aromatic N) is 3. The summed E-state index contributed by atoms with van der Waals surface area (Å²) in [6.07, 6.45) is 3.16. The summed E-state index contributed by atoms with van der Waals surface area (Å²) in [5.74, 6) is 0.920. The van der Waals surface area contributed by atoms with Gasteiger partial charge in [-0.05, 0) is 6.92 Å². The molecular formula is C10H14N6O. The number of nitrogen functional groups attached to an aromatic ring is 1. The second-order valence-corrected chi connectivity index (χ2v) is 3.52. The Kier molecular flexibility index (Phi) is 3.08. The second kappa shape index (κ2) is 4.69. The van der Waals surface area contributed by atoms with Crippen molar-refractivity contribution in [2.75, 3.05) is 18.2 Å². The van der Waals surface area contributed by atoms with Crippen LogP contribution in [0.25, 0.3) is 0 Å². The summed E-state index contributed by atoms with van der Waals surface area (Å²) < 4.78 is 5.01. The summed E-state index contributed by atoms with van der Waals surface area (Å²) in [6.45, 7) is 2.54. The number of aromatic nitrogens is 4. The van der Waals surface area contributed by atoms with Gasteiger partial charge in [0.25, 0.3) is 0 Å². The molecule has 17 heavy (non-hydrogen) atoms. The Hall–Kier alpha value is -2.31. The number of aromatic amines is 1. The van der Waals surface area contributed by atoms with Crippen LogP contribution in [0.5, 0.6) is 5.88 Å². The van der Waals surface area contributed by atoms with Gasteiger partial charge in [-0.1, -0.05) is 0 Å². The summed E-state index contributed by atoms with van der Waals surface area (Å²) in [5.41, 5.74) is 8.30. The van der Waals surface area contributed by atoms with Crippen LogP contribution in [-0.4, -0.2) is 27.3 Å². The Labute approximate surface area is 98.4 Å².